The van der Waals surface area contributed by atoms with Crippen LogP contribution in [0.15, 0.2) is 24.4 Å². The topological polar surface area (TPSA) is 83.1 Å². The molecule has 2 N–H and O–H groups in total. The van der Waals surface area contributed by atoms with Gasteiger partial charge in [0.25, 0.3) is 0 Å². The highest BCUT2D eigenvalue weighted by Crippen LogP contribution is 2.44. The van der Waals surface area contributed by atoms with Crippen LogP contribution in [0.1, 0.15) is 6.42 Å². The van der Waals surface area contributed by atoms with Crippen molar-refractivity contribution in [2.45, 2.75) is 12.6 Å². The standard InChI is InChI=1S/C22H18ClF2N5O2S.2ClH/c23-17-16(12-9-26-29-19(12)20(18(17)25)30-3-5-32-6-4-30)10-1-2-14-15(7-10)33-22(27-14)28-21(31)11-8-13(11)24;;/h1-2,7,9,11,13H,3-6,8H2,(H,26,29)(H,27,28,31);2*1H/t11-,13+;;/m1../s1. The van der Waals surface area contributed by atoms with Crippen molar-refractivity contribution in [3.63, 3.8) is 0 Å². The molecule has 2 fully saturated rings. The highest BCUT2D eigenvalue weighted by atomic mass is 35.5. The lowest BCUT2D eigenvalue weighted by molar-refractivity contribution is -0.117. The van der Waals surface area contributed by atoms with Crippen LogP contribution in [0.5, 0.6) is 0 Å². The zero-order chi connectivity index (χ0) is 22.7. The van der Waals surface area contributed by atoms with Gasteiger partial charge in [0.2, 0.25) is 5.91 Å². The molecule has 3 heterocycles. The van der Waals surface area contributed by atoms with E-state index in [1.54, 1.807) is 12.3 Å². The number of H-pyrrole nitrogens is 1. The lowest BCUT2D eigenvalue weighted by atomic mass is 10.00. The summed E-state index contributed by atoms with van der Waals surface area (Å²) < 4.78 is 34.9. The predicted octanol–water partition coefficient (Wildman–Crippen LogP) is 5.61. The van der Waals surface area contributed by atoms with Gasteiger partial charge in [-0.05, 0) is 24.1 Å². The third-order valence-corrected chi connectivity index (χ3v) is 7.34. The Morgan fingerprint density at radius 3 is 2.74 bits per heavy atom. The number of hydrogen-bond acceptors (Lipinski definition) is 6. The summed E-state index contributed by atoms with van der Waals surface area (Å²) in [5.74, 6) is -1.45. The molecule has 4 aromatic rings. The number of fused-ring (bicyclic) bond motifs is 2. The van der Waals surface area contributed by atoms with Crippen molar-refractivity contribution < 1.29 is 18.3 Å². The number of thiazole rings is 1. The van der Waals surface area contributed by atoms with E-state index in [0.29, 0.717) is 64.7 Å². The van der Waals surface area contributed by atoms with E-state index in [4.69, 9.17) is 16.3 Å². The number of nitrogens with zero attached hydrogens (tertiary/aromatic N) is 3. The van der Waals surface area contributed by atoms with Gasteiger partial charge in [-0.25, -0.2) is 13.8 Å². The Morgan fingerprint density at radius 2 is 2.03 bits per heavy atom. The first-order valence-corrected chi connectivity index (χ1v) is 11.7. The first-order chi connectivity index (χ1) is 16.0. The monoisotopic (exact) mass is 561 g/mol. The molecule has 7 nitrogen and oxygen atoms in total. The molecule has 0 spiro atoms. The summed E-state index contributed by atoms with van der Waals surface area (Å²) in [6.07, 6.45) is 0.832. The molecule has 35 heavy (non-hydrogen) atoms. The third-order valence-electron chi connectivity index (χ3n) is 6.05. The van der Waals surface area contributed by atoms with Crippen LogP contribution in [0.25, 0.3) is 32.2 Å². The van der Waals surface area contributed by atoms with Gasteiger partial charge in [0.05, 0.1) is 46.1 Å². The van der Waals surface area contributed by atoms with Gasteiger partial charge in [0.1, 0.15) is 11.9 Å². The Kier molecular flexibility index (Phi) is 7.40. The van der Waals surface area contributed by atoms with Crippen LogP contribution in [0.2, 0.25) is 5.02 Å². The van der Waals surface area contributed by atoms with Crippen molar-refractivity contribution in [2.24, 2.45) is 5.92 Å². The average molecular weight is 563 g/mol. The number of benzene rings is 2. The molecule has 0 bridgehead atoms. The molecule has 0 radical (unpaired) electrons. The molecular weight excluding hydrogens is 543 g/mol. The third kappa shape index (κ3) is 4.53. The fourth-order valence-corrected chi connectivity index (χ4v) is 5.44. The molecule has 2 aliphatic rings. The maximum Gasteiger partial charge on any atom is 0.232 e. The Balaban J connectivity index is 0.00000144. The van der Waals surface area contributed by atoms with Gasteiger partial charge >= 0.3 is 0 Å². The average Bonchev–Trinajstić information content (AvgIpc) is 3.18. The van der Waals surface area contributed by atoms with Gasteiger partial charge in [-0.1, -0.05) is 29.0 Å². The van der Waals surface area contributed by atoms with E-state index in [2.05, 4.69) is 20.5 Å². The summed E-state index contributed by atoms with van der Waals surface area (Å²) in [4.78, 5) is 18.4. The van der Waals surface area contributed by atoms with Gasteiger partial charge in [-0.3, -0.25) is 9.89 Å². The highest BCUT2D eigenvalue weighted by Gasteiger charge is 2.43. The zero-order valence-electron chi connectivity index (χ0n) is 18.0. The number of aromatic nitrogens is 3. The smallest absolute Gasteiger partial charge is 0.232 e. The minimum Gasteiger partial charge on any atom is -0.378 e. The molecule has 1 aliphatic heterocycles. The van der Waals surface area contributed by atoms with Crippen LogP contribution in [0.3, 0.4) is 0 Å². The van der Waals surface area contributed by atoms with Crippen LogP contribution >= 0.6 is 47.8 Å². The Morgan fingerprint density at radius 1 is 1.29 bits per heavy atom. The van der Waals surface area contributed by atoms with E-state index in [-0.39, 0.29) is 42.2 Å². The quantitative estimate of drug-likeness (QED) is 0.338. The van der Waals surface area contributed by atoms with Gasteiger partial charge in [0, 0.05) is 24.0 Å². The fraction of sp³-hybridized carbons (Fsp3) is 0.318. The maximum absolute atomic E-state index is 15.6. The number of nitrogens with one attached hydrogen (secondary N) is 2. The molecule has 186 valence electrons. The van der Waals surface area contributed by atoms with Gasteiger partial charge in [0.15, 0.2) is 10.9 Å². The summed E-state index contributed by atoms with van der Waals surface area (Å²) >= 11 is 7.87. The zero-order valence-corrected chi connectivity index (χ0v) is 21.2. The Bertz CT molecular complexity index is 1410. The fourth-order valence-electron chi connectivity index (χ4n) is 4.23. The highest BCUT2D eigenvalue weighted by molar-refractivity contribution is 7.22. The van der Waals surface area contributed by atoms with E-state index in [1.807, 2.05) is 17.0 Å². The molecule has 2 atom stereocenters. The summed E-state index contributed by atoms with van der Waals surface area (Å²) in [5, 5.41) is 10.9. The van der Waals surface area contributed by atoms with Crippen molar-refractivity contribution in [1.29, 1.82) is 0 Å². The van der Waals surface area contributed by atoms with E-state index in [1.165, 1.54) is 11.3 Å². The molecule has 1 amide bonds. The van der Waals surface area contributed by atoms with Crippen molar-refractivity contribution >= 4 is 85.6 Å². The van der Waals surface area contributed by atoms with E-state index in [0.717, 1.165) is 4.70 Å². The SMILES string of the molecule is Cl.Cl.O=C(Nc1nc2ccc(-c3c(Cl)c(F)c(N4CCOCC4)c4[nH]ncc34)cc2s1)[C@@H]1C[C@@H]1F. The number of alkyl halides is 1. The first kappa shape index (κ1) is 25.8. The maximum atomic E-state index is 15.6. The first-order valence-electron chi connectivity index (χ1n) is 10.5. The summed E-state index contributed by atoms with van der Waals surface area (Å²) in [5.41, 5.74) is 2.90. The largest absolute Gasteiger partial charge is 0.378 e. The van der Waals surface area contributed by atoms with Crippen molar-refractivity contribution in [1.82, 2.24) is 15.2 Å². The Hall–Kier alpha value is -2.24. The number of carbonyl (C=O) groups excluding carboxylic acids is 1. The summed E-state index contributed by atoms with van der Waals surface area (Å²) in [6.45, 7) is 2.16. The molecule has 6 rings (SSSR count). The number of aromatic amines is 1. The normalized spacial score (nSPS) is 19.3. The molecule has 2 aromatic carbocycles. The summed E-state index contributed by atoms with van der Waals surface area (Å²) in [6, 6.07) is 5.47. The second-order valence-corrected chi connectivity index (χ2v) is 9.57. The molecule has 1 saturated carbocycles. The van der Waals surface area contributed by atoms with E-state index in [9.17, 15) is 9.18 Å². The number of hydrogen-bond donors (Lipinski definition) is 2. The van der Waals surface area contributed by atoms with Gasteiger partial charge in [-0.2, -0.15) is 5.10 Å². The van der Waals surface area contributed by atoms with Crippen molar-refractivity contribution in [2.75, 3.05) is 36.5 Å². The second kappa shape index (κ2) is 10.0. The summed E-state index contributed by atoms with van der Waals surface area (Å²) in [7, 11) is 0. The molecule has 1 saturated heterocycles. The van der Waals surface area contributed by atoms with Crippen LogP contribution in [0, 0.1) is 11.7 Å². The number of amides is 1. The van der Waals surface area contributed by atoms with E-state index < -0.39 is 17.9 Å². The number of anilines is 2. The molecule has 13 heteroatoms. The number of halogens is 5. The van der Waals surface area contributed by atoms with E-state index >= 15 is 4.39 Å². The molecular formula is C22H20Cl3F2N5O2S. The predicted molar refractivity (Wildman–Crippen MR) is 139 cm³/mol. The second-order valence-electron chi connectivity index (χ2n) is 8.16. The minimum absolute atomic E-state index is 0. The van der Waals surface area contributed by atoms with Crippen LogP contribution < -0.4 is 10.2 Å². The molecule has 0 unspecified atom stereocenters. The number of ether oxygens (including phenoxy) is 1. The van der Waals surface area contributed by atoms with Crippen molar-refractivity contribution in [3.8, 4) is 11.1 Å². The van der Waals surface area contributed by atoms with Crippen LogP contribution in [0.4, 0.5) is 19.6 Å². The lowest BCUT2D eigenvalue weighted by Gasteiger charge is -2.30. The van der Waals surface area contributed by atoms with Crippen LogP contribution in [-0.4, -0.2) is 53.6 Å². The molecule has 1 aliphatic carbocycles. The van der Waals surface area contributed by atoms with Crippen molar-refractivity contribution in [3.05, 3.63) is 35.2 Å². The Labute approximate surface area is 220 Å². The van der Waals surface area contributed by atoms with Crippen LogP contribution in [-0.2, 0) is 9.53 Å². The van der Waals surface area contributed by atoms with Gasteiger partial charge < -0.3 is 15.0 Å². The minimum atomic E-state index is -1.07. The van der Waals surface area contributed by atoms with Gasteiger partial charge in [-0.15, -0.1) is 24.8 Å². The number of morpholine rings is 1. The lowest BCUT2D eigenvalue weighted by Crippen LogP contribution is -2.37. The molecule has 2 aromatic heterocycles. The number of carbonyl (C=O) groups is 1. The number of rotatable bonds is 4.